The van der Waals surface area contributed by atoms with E-state index in [9.17, 15) is 4.79 Å². The Kier molecular flexibility index (Phi) is 4.03. The summed E-state index contributed by atoms with van der Waals surface area (Å²) in [4.78, 5) is 12.0. The maximum Gasteiger partial charge on any atom is 0.255 e. The Morgan fingerprint density at radius 2 is 1.16 bits per heavy atom. The van der Waals surface area contributed by atoms with Crippen molar-refractivity contribution in [3.8, 4) is 0 Å². The fraction of sp³-hybridized carbons (Fsp3) is 0.133. The number of nitrogens with one attached hydrogen (secondary N) is 3. The van der Waals surface area contributed by atoms with Crippen LogP contribution in [0.3, 0.4) is 0 Å². The number of benzene rings is 2. The zero-order valence-corrected chi connectivity index (χ0v) is 11.0. The molecule has 19 heavy (non-hydrogen) atoms. The number of carbonyl (C=O) groups excluding carboxylic acids is 1. The highest BCUT2D eigenvalue weighted by Gasteiger charge is 2.05. The van der Waals surface area contributed by atoms with Crippen molar-refractivity contribution in [2.75, 3.05) is 30.0 Å². The highest BCUT2D eigenvalue weighted by molar-refractivity contribution is 6.04. The van der Waals surface area contributed by atoms with Crippen LogP contribution in [0.15, 0.2) is 48.5 Å². The largest absolute Gasteiger partial charge is 0.388 e. The van der Waals surface area contributed by atoms with E-state index in [1.807, 2.05) is 50.5 Å². The lowest BCUT2D eigenvalue weighted by atomic mass is 10.2. The minimum Gasteiger partial charge on any atom is -0.388 e. The van der Waals surface area contributed by atoms with Gasteiger partial charge in [-0.3, -0.25) is 4.79 Å². The second-order valence-corrected chi connectivity index (χ2v) is 4.11. The SMILES string of the molecule is CNc1ccc(NC(=O)c2ccc(NC)cc2)cc1. The molecule has 0 bridgehead atoms. The minimum absolute atomic E-state index is 0.111. The predicted octanol–water partition coefficient (Wildman–Crippen LogP) is 3.02. The van der Waals surface area contributed by atoms with Gasteiger partial charge >= 0.3 is 0 Å². The normalized spacial score (nSPS) is 9.79. The third-order valence-electron chi connectivity index (χ3n) is 2.87. The van der Waals surface area contributed by atoms with Gasteiger partial charge in [0.2, 0.25) is 0 Å². The molecule has 0 aliphatic heterocycles. The van der Waals surface area contributed by atoms with Crippen molar-refractivity contribution in [3.63, 3.8) is 0 Å². The van der Waals surface area contributed by atoms with E-state index < -0.39 is 0 Å². The van der Waals surface area contributed by atoms with Gasteiger partial charge in [-0.25, -0.2) is 0 Å². The quantitative estimate of drug-likeness (QED) is 0.787. The molecular formula is C15H17N3O. The molecule has 4 heteroatoms. The second kappa shape index (κ2) is 5.91. The van der Waals surface area contributed by atoms with E-state index in [2.05, 4.69) is 16.0 Å². The molecule has 2 aromatic rings. The van der Waals surface area contributed by atoms with Crippen LogP contribution in [0.1, 0.15) is 10.4 Å². The van der Waals surface area contributed by atoms with Crippen molar-refractivity contribution in [1.29, 1.82) is 0 Å². The molecule has 1 amide bonds. The number of amides is 1. The Balaban J connectivity index is 2.06. The predicted molar refractivity (Wildman–Crippen MR) is 79.9 cm³/mol. The molecule has 3 N–H and O–H groups in total. The third-order valence-corrected chi connectivity index (χ3v) is 2.87. The van der Waals surface area contributed by atoms with Crippen molar-refractivity contribution < 1.29 is 4.79 Å². The molecule has 0 heterocycles. The first-order chi connectivity index (χ1) is 9.22. The molecular weight excluding hydrogens is 238 g/mol. The smallest absolute Gasteiger partial charge is 0.255 e. The van der Waals surface area contributed by atoms with Gasteiger partial charge < -0.3 is 16.0 Å². The molecule has 0 saturated heterocycles. The maximum atomic E-state index is 12.0. The van der Waals surface area contributed by atoms with Gasteiger partial charge in [0.25, 0.3) is 5.91 Å². The number of anilines is 3. The van der Waals surface area contributed by atoms with Gasteiger partial charge in [0, 0.05) is 36.7 Å². The summed E-state index contributed by atoms with van der Waals surface area (Å²) in [5.74, 6) is -0.111. The van der Waals surface area contributed by atoms with Gasteiger partial charge in [0.1, 0.15) is 0 Å². The topological polar surface area (TPSA) is 53.2 Å². The molecule has 0 aliphatic carbocycles. The Morgan fingerprint density at radius 3 is 1.63 bits per heavy atom. The number of hydrogen-bond acceptors (Lipinski definition) is 3. The Labute approximate surface area is 112 Å². The Bertz CT molecular complexity index is 547. The van der Waals surface area contributed by atoms with Crippen LogP contribution in [0.4, 0.5) is 17.1 Å². The van der Waals surface area contributed by atoms with Crippen molar-refractivity contribution >= 4 is 23.0 Å². The monoisotopic (exact) mass is 255 g/mol. The summed E-state index contributed by atoms with van der Waals surface area (Å²) in [6.45, 7) is 0. The molecule has 0 aromatic heterocycles. The van der Waals surface area contributed by atoms with Crippen molar-refractivity contribution in [2.45, 2.75) is 0 Å². The zero-order valence-electron chi connectivity index (χ0n) is 11.0. The Morgan fingerprint density at radius 1 is 0.737 bits per heavy atom. The van der Waals surface area contributed by atoms with Gasteiger partial charge in [0.15, 0.2) is 0 Å². The van der Waals surface area contributed by atoms with E-state index in [4.69, 9.17) is 0 Å². The highest BCUT2D eigenvalue weighted by Crippen LogP contribution is 2.15. The lowest BCUT2D eigenvalue weighted by Gasteiger charge is -2.07. The molecule has 2 aromatic carbocycles. The fourth-order valence-corrected chi connectivity index (χ4v) is 1.71. The summed E-state index contributed by atoms with van der Waals surface area (Å²) in [7, 11) is 3.70. The summed E-state index contributed by atoms with van der Waals surface area (Å²) in [5.41, 5.74) is 3.41. The summed E-state index contributed by atoms with van der Waals surface area (Å²) in [5, 5.41) is 8.91. The fourth-order valence-electron chi connectivity index (χ4n) is 1.71. The molecule has 0 spiro atoms. The van der Waals surface area contributed by atoms with Crippen molar-refractivity contribution in [2.24, 2.45) is 0 Å². The van der Waals surface area contributed by atoms with Crippen molar-refractivity contribution in [3.05, 3.63) is 54.1 Å². The molecule has 0 radical (unpaired) electrons. The van der Waals surface area contributed by atoms with Crippen LogP contribution in [-0.2, 0) is 0 Å². The first-order valence-electron chi connectivity index (χ1n) is 6.10. The van der Waals surface area contributed by atoms with E-state index in [1.54, 1.807) is 12.1 Å². The first kappa shape index (κ1) is 13.0. The van der Waals surface area contributed by atoms with Crippen LogP contribution < -0.4 is 16.0 Å². The van der Waals surface area contributed by atoms with Crippen LogP contribution in [0.5, 0.6) is 0 Å². The Hall–Kier alpha value is -2.49. The third kappa shape index (κ3) is 3.25. The van der Waals surface area contributed by atoms with Crippen LogP contribution in [-0.4, -0.2) is 20.0 Å². The summed E-state index contributed by atoms with van der Waals surface area (Å²) >= 11 is 0. The number of hydrogen-bond donors (Lipinski definition) is 3. The summed E-state index contributed by atoms with van der Waals surface area (Å²) in [6, 6.07) is 14.9. The summed E-state index contributed by atoms with van der Waals surface area (Å²) in [6.07, 6.45) is 0. The average molecular weight is 255 g/mol. The molecule has 0 saturated carbocycles. The molecule has 0 atom stereocenters. The molecule has 2 rings (SSSR count). The van der Waals surface area contributed by atoms with E-state index >= 15 is 0 Å². The zero-order chi connectivity index (χ0) is 13.7. The van der Waals surface area contributed by atoms with Crippen molar-refractivity contribution in [1.82, 2.24) is 0 Å². The second-order valence-electron chi connectivity index (χ2n) is 4.11. The molecule has 98 valence electrons. The van der Waals surface area contributed by atoms with Gasteiger partial charge in [-0.05, 0) is 48.5 Å². The maximum absolute atomic E-state index is 12.0. The molecule has 4 nitrogen and oxygen atoms in total. The standard InChI is InChI=1S/C15H17N3O/c1-16-12-5-3-11(4-6-12)15(19)18-14-9-7-13(17-2)8-10-14/h3-10,16-17H,1-2H3,(H,18,19). The highest BCUT2D eigenvalue weighted by atomic mass is 16.1. The lowest BCUT2D eigenvalue weighted by Crippen LogP contribution is -2.11. The van der Waals surface area contributed by atoms with Crippen LogP contribution in [0.25, 0.3) is 0 Å². The van der Waals surface area contributed by atoms with Crippen LogP contribution in [0, 0.1) is 0 Å². The van der Waals surface area contributed by atoms with Gasteiger partial charge in [-0.15, -0.1) is 0 Å². The lowest BCUT2D eigenvalue weighted by molar-refractivity contribution is 0.102. The van der Waals surface area contributed by atoms with Crippen LogP contribution in [0.2, 0.25) is 0 Å². The average Bonchev–Trinajstić information content (AvgIpc) is 2.48. The van der Waals surface area contributed by atoms with E-state index in [0.29, 0.717) is 5.56 Å². The molecule has 0 aliphatic rings. The number of rotatable bonds is 4. The molecule has 0 fully saturated rings. The van der Waals surface area contributed by atoms with Gasteiger partial charge in [-0.2, -0.15) is 0 Å². The first-order valence-corrected chi connectivity index (χ1v) is 6.10. The summed E-state index contributed by atoms with van der Waals surface area (Å²) < 4.78 is 0. The van der Waals surface area contributed by atoms with E-state index in [1.165, 1.54) is 0 Å². The van der Waals surface area contributed by atoms with Crippen LogP contribution >= 0.6 is 0 Å². The van der Waals surface area contributed by atoms with E-state index in [0.717, 1.165) is 17.1 Å². The minimum atomic E-state index is -0.111. The van der Waals surface area contributed by atoms with Gasteiger partial charge in [0.05, 0.1) is 0 Å². The van der Waals surface area contributed by atoms with Gasteiger partial charge in [-0.1, -0.05) is 0 Å². The van der Waals surface area contributed by atoms with E-state index in [-0.39, 0.29) is 5.91 Å². The molecule has 0 unspecified atom stereocenters. The number of carbonyl (C=O) groups is 1.